The van der Waals surface area contributed by atoms with E-state index in [0.717, 1.165) is 24.1 Å². The summed E-state index contributed by atoms with van der Waals surface area (Å²) < 4.78 is 13.6. The summed E-state index contributed by atoms with van der Waals surface area (Å²) in [5.74, 6) is -0.320. The number of nitrogens with zero attached hydrogens (tertiary/aromatic N) is 1. The van der Waals surface area contributed by atoms with Gasteiger partial charge < -0.3 is 10.2 Å². The molecule has 1 aliphatic heterocycles. The van der Waals surface area contributed by atoms with Gasteiger partial charge in [-0.05, 0) is 55.2 Å². The van der Waals surface area contributed by atoms with Gasteiger partial charge in [0, 0.05) is 24.3 Å². The highest BCUT2D eigenvalue weighted by Crippen LogP contribution is 2.44. The molecule has 1 heterocycles. The first-order chi connectivity index (χ1) is 12.6. The summed E-state index contributed by atoms with van der Waals surface area (Å²) in [5, 5.41) is 2.98. The molecule has 2 amide bonds. The monoisotopic (exact) mass is 352 g/mol. The summed E-state index contributed by atoms with van der Waals surface area (Å²) in [6.07, 6.45) is 3.81. The zero-order valence-electron chi connectivity index (χ0n) is 14.5. The topological polar surface area (TPSA) is 49.4 Å². The minimum Gasteiger partial charge on any atom is -0.325 e. The molecule has 4 nitrogen and oxygen atoms in total. The Kier molecular flexibility index (Phi) is 4.23. The van der Waals surface area contributed by atoms with E-state index in [-0.39, 0.29) is 17.6 Å². The van der Waals surface area contributed by atoms with Crippen LogP contribution in [0.2, 0.25) is 0 Å². The maximum atomic E-state index is 13.6. The first-order valence-corrected chi connectivity index (χ1v) is 9.06. The number of rotatable bonds is 4. The molecule has 0 aromatic heterocycles. The smallest absolute Gasteiger partial charge is 0.235 e. The van der Waals surface area contributed by atoms with Crippen molar-refractivity contribution in [3.05, 3.63) is 59.9 Å². The van der Waals surface area contributed by atoms with Crippen molar-refractivity contribution >= 4 is 23.2 Å². The van der Waals surface area contributed by atoms with Crippen LogP contribution in [-0.2, 0) is 15.0 Å². The molecule has 4 rings (SSSR count). The van der Waals surface area contributed by atoms with Gasteiger partial charge in [-0.25, -0.2) is 4.39 Å². The van der Waals surface area contributed by atoms with Crippen LogP contribution in [0.25, 0.3) is 0 Å². The highest BCUT2D eigenvalue weighted by molar-refractivity contribution is 6.01. The Labute approximate surface area is 152 Å². The van der Waals surface area contributed by atoms with Gasteiger partial charge in [-0.15, -0.1) is 0 Å². The normalized spacial score (nSPS) is 18.5. The fourth-order valence-corrected chi connectivity index (χ4v) is 3.89. The van der Waals surface area contributed by atoms with Crippen LogP contribution < -0.4 is 10.2 Å². The number of halogens is 1. The highest BCUT2D eigenvalue weighted by atomic mass is 19.1. The maximum Gasteiger partial charge on any atom is 0.235 e. The molecule has 26 heavy (non-hydrogen) atoms. The SMILES string of the molecule is O=C1CCCN1c1cccc(NC(=O)C2(c3cccc(F)c3)CCC2)c1. The molecule has 0 unspecified atom stereocenters. The molecule has 1 N–H and O–H groups in total. The summed E-state index contributed by atoms with van der Waals surface area (Å²) >= 11 is 0. The van der Waals surface area contributed by atoms with Gasteiger partial charge in [-0.1, -0.05) is 24.6 Å². The molecular weight excluding hydrogens is 331 g/mol. The zero-order valence-corrected chi connectivity index (χ0v) is 14.5. The van der Waals surface area contributed by atoms with Crippen LogP contribution in [0.15, 0.2) is 48.5 Å². The first kappa shape index (κ1) is 16.8. The predicted molar refractivity (Wildman–Crippen MR) is 98.6 cm³/mol. The maximum absolute atomic E-state index is 13.6. The van der Waals surface area contributed by atoms with E-state index >= 15 is 0 Å². The lowest BCUT2D eigenvalue weighted by molar-refractivity contribution is -0.124. The summed E-state index contributed by atoms with van der Waals surface area (Å²) in [6, 6.07) is 13.7. The van der Waals surface area contributed by atoms with E-state index in [9.17, 15) is 14.0 Å². The van der Waals surface area contributed by atoms with E-state index in [0.29, 0.717) is 31.5 Å². The minimum atomic E-state index is -0.665. The Hall–Kier alpha value is -2.69. The Morgan fingerprint density at radius 1 is 1.08 bits per heavy atom. The molecule has 0 radical (unpaired) electrons. The average molecular weight is 352 g/mol. The van der Waals surface area contributed by atoms with Crippen molar-refractivity contribution in [3.8, 4) is 0 Å². The zero-order chi connectivity index (χ0) is 18.1. The van der Waals surface area contributed by atoms with Crippen molar-refractivity contribution in [1.29, 1.82) is 0 Å². The molecule has 0 atom stereocenters. The van der Waals surface area contributed by atoms with Gasteiger partial charge in [0.1, 0.15) is 5.82 Å². The van der Waals surface area contributed by atoms with E-state index in [1.54, 1.807) is 11.0 Å². The lowest BCUT2D eigenvalue weighted by atomic mass is 9.63. The number of benzene rings is 2. The van der Waals surface area contributed by atoms with Gasteiger partial charge >= 0.3 is 0 Å². The van der Waals surface area contributed by atoms with Crippen LogP contribution >= 0.6 is 0 Å². The second-order valence-electron chi connectivity index (χ2n) is 7.10. The van der Waals surface area contributed by atoms with E-state index < -0.39 is 5.41 Å². The summed E-state index contributed by atoms with van der Waals surface area (Å²) in [7, 11) is 0. The van der Waals surface area contributed by atoms with Crippen molar-refractivity contribution < 1.29 is 14.0 Å². The molecule has 1 saturated heterocycles. The van der Waals surface area contributed by atoms with E-state index in [2.05, 4.69) is 5.32 Å². The van der Waals surface area contributed by atoms with Gasteiger partial charge in [0.15, 0.2) is 0 Å². The lowest BCUT2D eigenvalue weighted by Gasteiger charge is -2.40. The number of hydrogen-bond acceptors (Lipinski definition) is 2. The second-order valence-corrected chi connectivity index (χ2v) is 7.10. The Bertz CT molecular complexity index is 861. The van der Waals surface area contributed by atoms with Crippen LogP contribution in [0.3, 0.4) is 0 Å². The van der Waals surface area contributed by atoms with Crippen molar-refractivity contribution in [2.24, 2.45) is 0 Å². The number of carbonyl (C=O) groups is 2. The average Bonchev–Trinajstić information content (AvgIpc) is 3.00. The van der Waals surface area contributed by atoms with Gasteiger partial charge in [0.05, 0.1) is 5.41 Å². The minimum absolute atomic E-state index is 0.112. The fraction of sp³-hybridized carbons (Fsp3) is 0.333. The third kappa shape index (κ3) is 2.87. The second kappa shape index (κ2) is 6.56. The predicted octanol–water partition coefficient (Wildman–Crippen LogP) is 4.01. The van der Waals surface area contributed by atoms with Crippen LogP contribution in [0.1, 0.15) is 37.7 Å². The van der Waals surface area contributed by atoms with Gasteiger partial charge in [-0.3, -0.25) is 9.59 Å². The lowest BCUT2D eigenvalue weighted by Crippen LogP contribution is -2.46. The third-order valence-corrected chi connectivity index (χ3v) is 5.51. The molecule has 2 aromatic rings. The molecule has 2 aromatic carbocycles. The number of carbonyl (C=O) groups excluding carboxylic acids is 2. The van der Waals surface area contributed by atoms with E-state index in [1.807, 2.05) is 30.3 Å². The third-order valence-electron chi connectivity index (χ3n) is 5.51. The Balaban J connectivity index is 1.57. The quantitative estimate of drug-likeness (QED) is 0.904. The van der Waals surface area contributed by atoms with Crippen molar-refractivity contribution in [2.75, 3.05) is 16.8 Å². The number of amides is 2. The summed E-state index contributed by atoms with van der Waals surface area (Å²) in [4.78, 5) is 26.7. The molecule has 1 aliphatic carbocycles. The Morgan fingerprint density at radius 3 is 2.54 bits per heavy atom. The molecular formula is C21H21FN2O2. The number of nitrogens with one attached hydrogen (secondary N) is 1. The molecule has 0 spiro atoms. The van der Waals surface area contributed by atoms with E-state index in [1.165, 1.54) is 12.1 Å². The van der Waals surface area contributed by atoms with Crippen LogP contribution in [-0.4, -0.2) is 18.4 Å². The molecule has 2 fully saturated rings. The highest BCUT2D eigenvalue weighted by Gasteiger charge is 2.45. The standard InChI is InChI=1S/C21H21FN2O2/c22-16-6-1-5-15(13-16)21(10-4-11-21)20(26)23-17-7-2-8-18(14-17)24-12-3-9-19(24)25/h1-2,5-8,13-14H,3-4,9-12H2,(H,23,26). The summed E-state index contributed by atoms with van der Waals surface area (Å²) in [6.45, 7) is 0.712. The van der Waals surface area contributed by atoms with Crippen LogP contribution in [0.4, 0.5) is 15.8 Å². The van der Waals surface area contributed by atoms with Gasteiger partial charge in [0.25, 0.3) is 0 Å². The van der Waals surface area contributed by atoms with Crippen molar-refractivity contribution in [2.45, 2.75) is 37.5 Å². The molecule has 5 heteroatoms. The van der Waals surface area contributed by atoms with Crippen LogP contribution in [0, 0.1) is 5.82 Å². The van der Waals surface area contributed by atoms with Crippen LogP contribution in [0.5, 0.6) is 0 Å². The molecule has 0 bridgehead atoms. The molecule has 134 valence electrons. The van der Waals surface area contributed by atoms with Crippen molar-refractivity contribution in [1.82, 2.24) is 0 Å². The largest absolute Gasteiger partial charge is 0.325 e. The number of anilines is 2. The fourth-order valence-electron chi connectivity index (χ4n) is 3.89. The van der Waals surface area contributed by atoms with E-state index in [4.69, 9.17) is 0 Å². The summed E-state index contributed by atoms with van der Waals surface area (Å²) in [5.41, 5.74) is 1.53. The van der Waals surface area contributed by atoms with Crippen molar-refractivity contribution in [3.63, 3.8) is 0 Å². The molecule has 2 aliphatic rings. The van der Waals surface area contributed by atoms with Gasteiger partial charge in [0.2, 0.25) is 11.8 Å². The Morgan fingerprint density at radius 2 is 1.88 bits per heavy atom. The first-order valence-electron chi connectivity index (χ1n) is 9.06. The molecule has 1 saturated carbocycles. The van der Waals surface area contributed by atoms with Gasteiger partial charge in [-0.2, -0.15) is 0 Å². The number of hydrogen-bond donors (Lipinski definition) is 1.